The van der Waals surface area contributed by atoms with Crippen LogP contribution in [0.4, 0.5) is 0 Å². The minimum atomic E-state index is -0.135. The molecule has 1 atom stereocenters. The SMILES string of the molecule is COC(=O)CCCNC[C@H]1CCCO1. The lowest BCUT2D eigenvalue weighted by Crippen LogP contribution is -2.27. The fourth-order valence-corrected chi connectivity index (χ4v) is 1.53. The standard InChI is InChI=1S/C10H19NO3/c1-13-10(12)5-2-6-11-8-9-4-3-7-14-9/h9,11H,2-8H2,1H3/t9-/m1/s1. The normalized spacial score (nSPS) is 21.1. The van der Waals surface area contributed by atoms with Gasteiger partial charge >= 0.3 is 5.97 Å². The van der Waals surface area contributed by atoms with Gasteiger partial charge in [-0.25, -0.2) is 0 Å². The maximum Gasteiger partial charge on any atom is 0.305 e. The molecule has 1 saturated heterocycles. The summed E-state index contributed by atoms with van der Waals surface area (Å²) in [7, 11) is 1.42. The molecule has 1 aliphatic heterocycles. The minimum absolute atomic E-state index is 0.135. The fraction of sp³-hybridized carbons (Fsp3) is 0.900. The van der Waals surface area contributed by atoms with Crippen LogP contribution in [-0.2, 0) is 14.3 Å². The largest absolute Gasteiger partial charge is 0.469 e. The van der Waals surface area contributed by atoms with Gasteiger partial charge in [-0.1, -0.05) is 0 Å². The van der Waals surface area contributed by atoms with Gasteiger partial charge in [-0.2, -0.15) is 0 Å². The lowest BCUT2D eigenvalue weighted by molar-refractivity contribution is -0.140. The van der Waals surface area contributed by atoms with Crippen molar-refractivity contribution in [3.8, 4) is 0 Å². The number of hydrogen-bond acceptors (Lipinski definition) is 4. The van der Waals surface area contributed by atoms with Crippen LogP contribution in [-0.4, -0.2) is 38.9 Å². The average molecular weight is 201 g/mol. The molecule has 0 aromatic carbocycles. The molecule has 0 aromatic rings. The van der Waals surface area contributed by atoms with E-state index in [0.717, 1.165) is 32.5 Å². The van der Waals surface area contributed by atoms with E-state index in [-0.39, 0.29) is 5.97 Å². The molecule has 1 rings (SSSR count). The molecule has 0 aromatic heterocycles. The molecule has 1 fully saturated rings. The number of carbonyl (C=O) groups is 1. The highest BCUT2D eigenvalue weighted by Gasteiger charge is 2.14. The molecule has 0 amide bonds. The Morgan fingerprint density at radius 2 is 2.50 bits per heavy atom. The van der Waals surface area contributed by atoms with E-state index < -0.39 is 0 Å². The van der Waals surface area contributed by atoms with E-state index >= 15 is 0 Å². The van der Waals surface area contributed by atoms with Crippen molar-refractivity contribution in [2.75, 3.05) is 26.8 Å². The second-order valence-corrected chi connectivity index (χ2v) is 3.52. The zero-order chi connectivity index (χ0) is 10.2. The Bertz CT molecular complexity index is 167. The van der Waals surface area contributed by atoms with Gasteiger partial charge in [0.05, 0.1) is 13.2 Å². The maximum absolute atomic E-state index is 10.8. The fourth-order valence-electron chi connectivity index (χ4n) is 1.53. The van der Waals surface area contributed by atoms with Gasteiger partial charge in [0.1, 0.15) is 0 Å². The number of nitrogens with one attached hydrogen (secondary N) is 1. The number of methoxy groups -OCH3 is 1. The number of hydrogen-bond donors (Lipinski definition) is 1. The molecule has 4 heteroatoms. The van der Waals surface area contributed by atoms with Crippen molar-refractivity contribution in [1.29, 1.82) is 0 Å². The van der Waals surface area contributed by atoms with Crippen LogP contribution in [0.15, 0.2) is 0 Å². The number of ether oxygens (including phenoxy) is 2. The summed E-state index contributed by atoms with van der Waals surface area (Å²) in [5.74, 6) is -0.135. The molecule has 0 saturated carbocycles. The predicted octanol–water partition coefficient (Wildman–Crippen LogP) is 0.708. The van der Waals surface area contributed by atoms with Crippen LogP contribution in [0.3, 0.4) is 0 Å². The van der Waals surface area contributed by atoms with Crippen LogP contribution in [0.1, 0.15) is 25.7 Å². The number of rotatable bonds is 6. The van der Waals surface area contributed by atoms with Gasteiger partial charge in [0.25, 0.3) is 0 Å². The van der Waals surface area contributed by atoms with E-state index in [1.165, 1.54) is 13.5 Å². The second-order valence-electron chi connectivity index (χ2n) is 3.52. The summed E-state index contributed by atoms with van der Waals surface area (Å²) < 4.78 is 9.99. The molecule has 0 aliphatic carbocycles. The molecule has 1 N–H and O–H groups in total. The molecular formula is C10H19NO3. The third-order valence-corrected chi connectivity index (χ3v) is 2.36. The van der Waals surface area contributed by atoms with Crippen molar-refractivity contribution < 1.29 is 14.3 Å². The predicted molar refractivity (Wildman–Crippen MR) is 53.1 cm³/mol. The molecule has 0 unspecified atom stereocenters. The molecule has 0 radical (unpaired) electrons. The van der Waals surface area contributed by atoms with Gasteiger partial charge in [-0.15, -0.1) is 0 Å². The molecular weight excluding hydrogens is 182 g/mol. The lowest BCUT2D eigenvalue weighted by Gasteiger charge is -2.09. The zero-order valence-electron chi connectivity index (χ0n) is 8.75. The van der Waals surface area contributed by atoms with Crippen LogP contribution >= 0.6 is 0 Å². The Hall–Kier alpha value is -0.610. The molecule has 14 heavy (non-hydrogen) atoms. The highest BCUT2D eigenvalue weighted by Crippen LogP contribution is 2.10. The van der Waals surface area contributed by atoms with Crippen LogP contribution in [0, 0.1) is 0 Å². The summed E-state index contributed by atoms with van der Waals surface area (Å²) in [6.45, 7) is 2.66. The molecule has 0 bridgehead atoms. The van der Waals surface area contributed by atoms with Crippen LogP contribution in [0.2, 0.25) is 0 Å². The van der Waals surface area contributed by atoms with Crippen molar-refractivity contribution >= 4 is 5.97 Å². The molecule has 4 nitrogen and oxygen atoms in total. The first-order chi connectivity index (χ1) is 6.83. The summed E-state index contributed by atoms with van der Waals surface area (Å²) in [4.78, 5) is 10.8. The number of esters is 1. The molecule has 0 spiro atoms. The Kier molecular flexibility index (Phi) is 5.56. The topological polar surface area (TPSA) is 47.6 Å². The highest BCUT2D eigenvalue weighted by atomic mass is 16.5. The van der Waals surface area contributed by atoms with Crippen molar-refractivity contribution in [2.45, 2.75) is 31.8 Å². The number of carbonyl (C=O) groups excluding carboxylic acids is 1. The van der Waals surface area contributed by atoms with E-state index in [4.69, 9.17) is 4.74 Å². The van der Waals surface area contributed by atoms with Crippen molar-refractivity contribution in [3.63, 3.8) is 0 Å². The van der Waals surface area contributed by atoms with E-state index in [1.54, 1.807) is 0 Å². The van der Waals surface area contributed by atoms with Crippen molar-refractivity contribution in [2.24, 2.45) is 0 Å². The summed E-state index contributed by atoms with van der Waals surface area (Å²) in [6.07, 6.45) is 4.04. The smallest absolute Gasteiger partial charge is 0.305 e. The third-order valence-electron chi connectivity index (χ3n) is 2.36. The van der Waals surface area contributed by atoms with Crippen molar-refractivity contribution in [1.82, 2.24) is 5.32 Å². The van der Waals surface area contributed by atoms with Gasteiger partial charge in [0.2, 0.25) is 0 Å². The van der Waals surface area contributed by atoms with Gasteiger partial charge < -0.3 is 14.8 Å². The van der Waals surface area contributed by atoms with Gasteiger partial charge in [0.15, 0.2) is 0 Å². The van der Waals surface area contributed by atoms with Crippen LogP contribution in [0.5, 0.6) is 0 Å². The van der Waals surface area contributed by atoms with E-state index in [9.17, 15) is 4.79 Å². The van der Waals surface area contributed by atoms with Gasteiger partial charge in [-0.05, 0) is 25.8 Å². The van der Waals surface area contributed by atoms with Gasteiger partial charge in [0, 0.05) is 19.6 Å². The first-order valence-corrected chi connectivity index (χ1v) is 5.22. The zero-order valence-corrected chi connectivity index (χ0v) is 8.75. The summed E-state index contributed by atoms with van der Waals surface area (Å²) in [5.41, 5.74) is 0. The van der Waals surface area contributed by atoms with E-state index in [2.05, 4.69) is 10.1 Å². The highest BCUT2D eigenvalue weighted by molar-refractivity contribution is 5.68. The second kappa shape index (κ2) is 6.79. The Morgan fingerprint density at radius 3 is 3.14 bits per heavy atom. The molecule has 1 heterocycles. The summed E-state index contributed by atoms with van der Waals surface area (Å²) in [5, 5.41) is 3.27. The monoisotopic (exact) mass is 201 g/mol. The van der Waals surface area contributed by atoms with E-state index in [1.807, 2.05) is 0 Å². The summed E-state index contributed by atoms with van der Waals surface area (Å²) >= 11 is 0. The quantitative estimate of drug-likeness (QED) is 0.508. The van der Waals surface area contributed by atoms with E-state index in [0.29, 0.717) is 12.5 Å². The third kappa shape index (κ3) is 4.58. The first-order valence-electron chi connectivity index (χ1n) is 5.22. The summed E-state index contributed by atoms with van der Waals surface area (Å²) in [6, 6.07) is 0. The Labute approximate surface area is 85.0 Å². The van der Waals surface area contributed by atoms with Crippen molar-refractivity contribution in [3.05, 3.63) is 0 Å². The van der Waals surface area contributed by atoms with Gasteiger partial charge in [-0.3, -0.25) is 4.79 Å². The van der Waals surface area contributed by atoms with Crippen LogP contribution < -0.4 is 5.32 Å². The Balaban J connectivity index is 1.86. The molecule has 1 aliphatic rings. The first kappa shape index (κ1) is 11.5. The average Bonchev–Trinajstić information content (AvgIpc) is 2.69. The van der Waals surface area contributed by atoms with Crippen LogP contribution in [0.25, 0.3) is 0 Å². The minimum Gasteiger partial charge on any atom is -0.469 e. The maximum atomic E-state index is 10.8. The Morgan fingerprint density at radius 1 is 1.64 bits per heavy atom. The molecule has 82 valence electrons. The lowest BCUT2D eigenvalue weighted by atomic mass is 10.2.